The average molecular weight is 213 g/mol. The summed E-state index contributed by atoms with van der Waals surface area (Å²) in [6, 6.07) is 1.85. The number of hydrogen-bond acceptors (Lipinski definition) is 3. The Kier molecular flexibility index (Phi) is 3.32. The lowest BCUT2D eigenvalue weighted by atomic mass is 10.0. The SMILES string of the molecule is Clc1cnnc(CC2CCCCO2)c1. The zero-order chi connectivity index (χ0) is 9.80. The predicted molar refractivity (Wildman–Crippen MR) is 54.3 cm³/mol. The maximum Gasteiger partial charge on any atom is 0.0682 e. The van der Waals surface area contributed by atoms with Crippen molar-refractivity contribution in [2.75, 3.05) is 6.61 Å². The molecule has 0 aliphatic carbocycles. The second kappa shape index (κ2) is 4.71. The zero-order valence-corrected chi connectivity index (χ0v) is 8.70. The summed E-state index contributed by atoms with van der Waals surface area (Å²) in [6.45, 7) is 0.874. The number of ether oxygens (including phenoxy) is 1. The molecule has 0 bridgehead atoms. The highest BCUT2D eigenvalue weighted by Gasteiger charge is 2.15. The van der Waals surface area contributed by atoms with Gasteiger partial charge in [0.1, 0.15) is 0 Å². The van der Waals surface area contributed by atoms with E-state index in [1.807, 2.05) is 6.07 Å². The van der Waals surface area contributed by atoms with Gasteiger partial charge in [-0.05, 0) is 25.3 Å². The van der Waals surface area contributed by atoms with Gasteiger partial charge < -0.3 is 4.74 Å². The molecular weight excluding hydrogens is 200 g/mol. The molecule has 1 fully saturated rings. The Morgan fingerprint density at radius 1 is 1.50 bits per heavy atom. The van der Waals surface area contributed by atoms with E-state index < -0.39 is 0 Å². The highest BCUT2D eigenvalue weighted by atomic mass is 35.5. The molecule has 0 spiro atoms. The first-order valence-corrected chi connectivity index (χ1v) is 5.31. The van der Waals surface area contributed by atoms with Gasteiger partial charge in [-0.3, -0.25) is 0 Å². The third kappa shape index (κ3) is 2.66. The highest BCUT2D eigenvalue weighted by Crippen LogP contribution is 2.17. The van der Waals surface area contributed by atoms with Gasteiger partial charge in [0, 0.05) is 13.0 Å². The molecule has 0 saturated carbocycles. The van der Waals surface area contributed by atoms with E-state index in [0.29, 0.717) is 11.1 Å². The lowest BCUT2D eigenvalue weighted by molar-refractivity contribution is 0.0161. The van der Waals surface area contributed by atoms with Crippen LogP contribution in [0.25, 0.3) is 0 Å². The fourth-order valence-corrected chi connectivity index (χ4v) is 1.85. The molecule has 1 aliphatic rings. The number of halogens is 1. The van der Waals surface area contributed by atoms with Crippen LogP contribution in [0.4, 0.5) is 0 Å². The minimum Gasteiger partial charge on any atom is -0.378 e. The van der Waals surface area contributed by atoms with E-state index >= 15 is 0 Å². The van der Waals surface area contributed by atoms with E-state index in [1.54, 1.807) is 6.20 Å². The molecule has 2 heterocycles. The zero-order valence-electron chi connectivity index (χ0n) is 7.95. The molecule has 1 saturated heterocycles. The standard InChI is InChI=1S/C10H13ClN2O/c11-8-5-9(13-12-7-8)6-10-3-1-2-4-14-10/h5,7,10H,1-4,6H2. The van der Waals surface area contributed by atoms with Crippen molar-refractivity contribution in [3.63, 3.8) is 0 Å². The summed E-state index contributed by atoms with van der Waals surface area (Å²) in [5, 5.41) is 8.48. The quantitative estimate of drug-likeness (QED) is 0.754. The van der Waals surface area contributed by atoms with E-state index in [1.165, 1.54) is 12.8 Å². The summed E-state index contributed by atoms with van der Waals surface area (Å²) in [5.74, 6) is 0. The minimum absolute atomic E-state index is 0.302. The van der Waals surface area contributed by atoms with Crippen molar-refractivity contribution in [2.24, 2.45) is 0 Å². The molecule has 3 nitrogen and oxygen atoms in total. The molecule has 2 rings (SSSR count). The largest absolute Gasteiger partial charge is 0.378 e. The van der Waals surface area contributed by atoms with Crippen LogP contribution in [0.3, 0.4) is 0 Å². The molecule has 1 aliphatic heterocycles. The smallest absolute Gasteiger partial charge is 0.0682 e. The molecule has 0 radical (unpaired) electrons. The van der Waals surface area contributed by atoms with Gasteiger partial charge in [0.25, 0.3) is 0 Å². The lowest BCUT2D eigenvalue weighted by Crippen LogP contribution is -2.21. The van der Waals surface area contributed by atoms with Gasteiger partial charge in [0.15, 0.2) is 0 Å². The maximum atomic E-state index is 5.82. The van der Waals surface area contributed by atoms with Gasteiger partial charge in [0.2, 0.25) is 0 Å². The van der Waals surface area contributed by atoms with Crippen molar-refractivity contribution in [1.29, 1.82) is 0 Å². The van der Waals surface area contributed by atoms with Crippen molar-refractivity contribution >= 4 is 11.6 Å². The van der Waals surface area contributed by atoms with Crippen LogP contribution in [0.5, 0.6) is 0 Å². The summed E-state index contributed by atoms with van der Waals surface area (Å²) in [4.78, 5) is 0. The first-order valence-electron chi connectivity index (χ1n) is 4.93. The lowest BCUT2D eigenvalue weighted by Gasteiger charge is -2.21. The maximum absolute atomic E-state index is 5.82. The van der Waals surface area contributed by atoms with Crippen molar-refractivity contribution in [1.82, 2.24) is 10.2 Å². The van der Waals surface area contributed by atoms with Crippen LogP contribution >= 0.6 is 11.6 Å². The summed E-state index contributed by atoms with van der Waals surface area (Å²) >= 11 is 5.82. The van der Waals surface area contributed by atoms with Crippen LogP contribution < -0.4 is 0 Å². The number of nitrogens with zero attached hydrogens (tertiary/aromatic N) is 2. The second-order valence-electron chi connectivity index (χ2n) is 3.56. The highest BCUT2D eigenvalue weighted by molar-refractivity contribution is 6.30. The Hall–Kier alpha value is -0.670. The fraction of sp³-hybridized carbons (Fsp3) is 0.600. The molecule has 1 atom stereocenters. The molecule has 76 valence electrons. The number of rotatable bonds is 2. The summed E-state index contributed by atoms with van der Waals surface area (Å²) in [6.07, 6.45) is 6.22. The number of aromatic nitrogens is 2. The topological polar surface area (TPSA) is 35.0 Å². The summed E-state index contributed by atoms with van der Waals surface area (Å²) in [5.41, 5.74) is 0.921. The van der Waals surface area contributed by atoms with Crippen LogP contribution in [0.1, 0.15) is 25.0 Å². The van der Waals surface area contributed by atoms with Gasteiger partial charge in [0.05, 0.1) is 23.0 Å². The molecule has 14 heavy (non-hydrogen) atoms. The Morgan fingerprint density at radius 2 is 2.43 bits per heavy atom. The Labute approximate surface area is 88.4 Å². The molecule has 1 unspecified atom stereocenters. The molecule has 0 aromatic carbocycles. The van der Waals surface area contributed by atoms with E-state index in [-0.39, 0.29) is 0 Å². The van der Waals surface area contributed by atoms with E-state index in [9.17, 15) is 0 Å². The van der Waals surface area contributed by atoms with Crippen molar-refractivity contribution in [2.45, 2.75) is 31.8 Å². The molecular formula is C10H13ClN2O. The fourth-order valence-electron chi connectivity index (χ4n) is 1.68. The van der Waals surface area contributed by atoms with Crippen molar-refractivity contribution in [3.05, 3.63) is 23.0 Å². The number of hydrogen-bond donors (Lipinski definition) is 0. The van der Waals surface area contributed by atoms with Gasteiger partial charge in [-0.1, -0.05) is 11.6 Å². The summed E-state index contributed by atoms with van der Waals surface area (Å²) in [7, 11) is 0. The Bertz CT molecular complexity index is 300. The molecule has 4 heteroatoms. The van der Waals surface area contributed by atoms with Crippen molar-refractivity contribution < 1.29 is 4.74 Å². The van der Waals surface area contributed by atoms with Crippen LogP contribution in [0, 0.1) is 0 Å². The van der Waals surface area contributed by atoms with E-state index in [2.05, 4.69) is 10.2 Å². The second-order valence-corrected chi connectivity index (χ2v) is 3.99. The van der Waals surface area contributed by atoms with Gasteiger partial charge in [-0.2, -0.15) is 10.2 Å². The molecule has 1 aromatic heterocycles. The predicted octanol–water partition coefficient (Wildman–Crippen LogP) is 2.24. The van der Waals surface area contributed by atoms with E-state index in [4.69, 9.17) is 16.3 Å². The first-order chi connectivity index (χ1) is 6.84. The van der Waals surface area contributed by atoms with Gasteiger partial charge >= 0.3 is 0 Å². The van der Waals surface area contributed by atoms with Crippen molar-refractivity contribution in [3.8, 4) is 0 Å². The molecule has 1 aromatic rings. The molecule has 0 N–H and O–H groups in total. The van der Waals surface area contributed by atoms with Crippen LogP contribution in [0.2, 0.25) is 5.02 Å². The first kappa shape index (κ1) is 9.87. The van der Waals surface area contributed by atoms with Crippen LogP contribution in [-0.4, -0.2) is 22.9 Å². The Balaban J connectivity index is 1.95. The Morgan fingerprint density at radius 3 is 3.14 bits per heavy atom. The third-order valence-corrected chi connectivity index (χ3v) is 2.59. The van der Waals surface area contributed by atoms with Gasteiger partial charge in [-0.25, -0.2) is 0 Å². The average Bonchev–Trinajstić information content (AvgIpc) is 2.19. The normalized spacial score (nSPS) is 22.2. The van der Waals surface area contributed by atoms with E-state index in [0.717, 1.165) is 25.1 Å². The third-order valence-electron chi connectivity index (χ3n) is 2.38. The monoisotopic (exact) mass is 212 g/mol. The molecule has 0 amide bonds. The minimum atomic E-state index is 0.302. The van der Waals surface area contributed by atoms with Gasteiger partial charge in [-0.15, -0.1) is 0 Å². The van der Waals surface area contributed by atoms with Crippen LogP contribution in [0.15, 0.2) is 12.3 Å². The summed E-state index contributed by atoms with van der Waals surface area (Å²) < 4.78 is 5.61. The van der Waals surface area contributed by atoms with Crippen LogP contribution in [-0.2, 0) is 11.2 Å².